The van der Waals surface area contributed by atoms with Crippen LogP contribution in [0.2, 0.25) is 0 Å². The molecule has 1 aromatic carbocycles. The third kappa shape index (κ3) is 5.07. The topological polar surface area (TPSA) is 41.5 Å². The minimum Gasteiger partial charge on any atom is -0.494 e. The van der Waals surface area contributed by atoms with E-state index in [0.29, 0.717) is 19.1 Å². The first-order chi connectivity index (χ1) is 8.65. The lowest BCUT2D eigenvalue weighted by Crippen LogP contribution is -2.20. The van der Waals surface area contributed by atoms with E-state index < -0.39 is 0 Å². The normalized spacial score (nSPS) is 10.9. The molecule has 0 saturated heterocycles. The summed E-state index contributed by atoms with van der Waals surface area (Å²) in [5.41, 5.74) is 2.67. The molecule has 0 spiro atoms. The molecule has 0 radical (unpaired) electrons. The maximum absolute atomic E-state index is 8.61. The molecule has 0 heterocycles. The van der Waals surface area contributed by atoms with Crippen molar-refractivity contribution in [3.63, 3.8) is 0 Å². The lowest BCUT2D eigenvalue weighted by atomic mass is 9.98. The monoisotopic (exact) mass is 251 g/mol. The first-order valence-corrected chi connectivity index (χ1v) is 6.70. The van der Waals surface area contributed by atoms with Crippen molar-refractivity contribution in [1.29, 1.82) is 0 Å². The van der Waals surface area contributed by atoms with E-state index in [1.54, 1.807) is 0 Å². The van der Waals surface area contributed by atoms with Gasteiger partial charge < -0.3 is 15.2 Å². The van der Waals surface area contributed by atoms with E-state index in [1.165, 1.54) is 11.1 Å². The summed E-state index contributed by atoms with van der Waals surface area (Å²) in [6.45, 7) is 8.97. The van der Waals surface area contributed by atoms with Crippen molar-refractivity contribution in [1.82, 2.24) is 5.32 Å². The van der Waals surface area contributed by atoms with Crippen LogP contribution in [0.4, 0.5) is 0 Å². The molecule has 0 amide bonds. The predicted octanol–water partition coefficient (Wildman–Crippen LogP) is 2.47. The van der Waals surface area contributed by atoms with Gasteiger partial charge in [0, 0.05) is 6.54 Å². The van der Waals surface area contributed by atoms with Crippen LogP contribution in [0.1, 0.15) is 37.3 Å². The quantitative estimate of drug-likeness (QED) is 0.697. The second-order valence-corrected chi connectivity index (χ2v) is 4.85. The third-order valence-corrected chi connectivity index (χ3v) is 2.92. The Bertz CT molecular complexity index is 350. The number of rotatable bonds is 8. The van der Waals surface area contributed by atoms with Gasteiger partial charge >= 0.3 is 0 Å². The van der Waals surface area contributed by atoms with Gasteiger partial charge in [-0.2, -0.15) is 0 Å². The lowest BCUT2D eigenvalue weighted by Gasteiger charge is -2.12. The SMILES string of the molecule is Cc1cc(OCCCNCCO)ccc1C(C)C. The zero-order valence-electron chi connectivity index (χ0n) is 11.7. The maximum atomic E-state index is 8.61. The Morgan fingerprint density at radius 1 is 1.28 bits per heavy atom. The van der Waals surface area contributed by atoms with Crippen molar-refractivity contribution in [2.75, 3.05) is 26.3 Å². The summed E-state index contributed by atoms with van der Waals surface area (Å²) < 4.78 is 5.70. The smallest absolute Gasteiger partial charge is 0.119 e. The number of benzene rings is 1. The Morgan fingerprint density at radius 3 is 2.67 bits per heavy atom. The molecule has 0 fully saturated rings. The van der Waals surface area contributed by atoms with Crippen molar-refractivity contribution in [3.05, 3.63) is 29.3 Å². The summed E-state index contributed by atoms with van der Waals surface area (Å²) in [6.07, 6.45) is 0.949. The Labute approximate surface area is 110 Å². The molecule has 3 nitrogen and oxygen atoms in total. The summed E-state index contributed by atoms with van der Waals surface area (Å²) in [4.78, 5) is 0. The van der Waals surface area contributed by atoms with Crippen LogP contribution in [0.5, 0.6) is 5.75 Å². The summed E-state index contributed by atoms with van der Waals surface area (Å²) in [7, 11) is 0. The largest absolute Gasteiger partial charge is 0.494 e. The van der Waals surface area contributed by atoms with Gasteiger partial charge in [0.1, 0.15) is 5.75 Å². The minimum absolute atomic E-state index is 0.191. The van der Waals surface area contributed by atoms with Gasteiger partial charge in [-0.05, 0) is 49.1 Å². The molecule has 0 atom stereocenters. The van der Waals surface area contributed by atoms with Crippen molar-refractivity contribution in [3.8, 4) is 5.75 Å². The van der Waals surface area contributed by atoms with Gasteiger partial charge in [0.25, 0.3) is 0 Å². The summed E-state index contributed by atoms with van der Waals surface area (Å²) in [5, 5.41) is 11.7. The van der Waals surface area contributed by atoms with Gasteiger partial charge in [-0.1, -0.05) is 19.9 Å². The highest BCUT2D eigenvalue weighted by Gasteiger charge is 2.04. The molecule has 1 rings (SSSR count). The molecule has 0 bridgehead atoms. The average molecular weight is 251 g/mol. The van der Waals surface area contributed by atoms with Gasteiger partial charge in [-0.3, -0.25) is 0 Å². The maximum Gasteiger partial charge on any atom is 0.119 e. The zero-order chi connectivity index (χ0) is 13.4. The second-order valence-electron chi connectivity index (χ2n) is 4.85. The average Bonchev–Trinajstić information content (AvgIpc) is 2.33. The molecule has 102 valence electrons. The highest BCUT2D eigenvalue weighted by Crippen LogP contribution is 2.23. The number of aliphatic hydroxyl groups excluding tert-OH is 1. The fourth-order valence-corrected chi connectivity index (χ4v) is 1.98. The number of nitrogens with one attached hydrogen (secondary N) is 1. The first kappa shape index (κ1) is 15.0. The summed E-state index contributed by atoms with van der Waals surface area (Å²) >= 11 is 0. The Hall–Kier alpha value is -1.06. The van der Waals surface area contributed by atoms with Crippen molar-refractivity contribution >= 4 is 0 Å². The van der Waals surface area contributed by atoms with Crippen LogP contribution < -0.4 is 10.1 Å². The fourth-order valence-electron chi connectivity index (χ4n) is 1.98. The fraction of sp³-hybridized carbons (Fsp3) is 0.600. The van der Waals surface area contributed by atoms with Crippen LogP contribution >= 0.6 is 0 Å². The molecule has 18 heavy (non-hydrogen) atoms. The lowest BCUT2D eigenvalue weighted by molar-refractivity contribution is 0.282. The number of hydrogen-bond acceptors (Lipinski definition) is 3. The molecule has 0 saturated carbocycles. The van der Waals surface area contributed by atoms with Gasteiger partial charge in [-0.15, -0.1) is 0 Å². The molecule has 1 aromatic rings. The molecule has 0 unspecified atom stereocenters. The Kier molecular flexibility index (Phi) is 6.76. The number of aryl methyl sites for hydroxylation is 1. The molecule has 0 aliphatic rings. The van der Waals surface area contributed by atoms with Crippen LogP contribution in [-0.4, -0.2) is 31.4 Å². The van der Waals surface area contributed by atoms with Gasteiger partial charge in [0.2, 0.25) is 0 Å². The first-order valence-electron chi connectivity index (χ1n) is 6.70. The number of hydrogen-bond donors (Lipinski definition) is 2. The van der Waals surface area contributed by atoms with E-state index in [-0.39, 0.29) is 6.61 Å². The van der Waals surface area contributed by atoms with Crippen molar-refractivity contribution < 1.29 is 9.84 Å². The third-order valence-electron chi connectivity index (χ3n) is 2.92. The Morgan fingerprint density at radius 2 is 2.06 bits per heavy atom. The molecule has 2 N–H and O–H groups in total. The summed E-state index contributed by atoms with van der Waals surface area (Å²) in [6, 6.07) is 6.30. The second kappa shape index (κ2) is 8.11. The molecule has 0 aliphatic carbocycles. The molecular formula is C15H25NO2. The standard InChI is InChI=1S/C15H25NO2/c1-12(2)15-6-5-14(11-13(15)3)18-10-4-7-16-8-9-17/h5-6,11-12,16-17H,4,7-10H2,1-3H3. The highest BCUT2D eigenvalue weighted by atomic mass is 16.5. The van der Waals surface area contributed by atoms with Gasteiger partial charge in [0.05, 0.1) is 13.2 Å². The molecule has 3 heteroatoms. The highest BCUT2D eigenvalue weighted by molar-refractivity contribution is 5.36. The van der Waals surface area contributed by atoms with E-state index in [0.717, 1.165) is 18.7 Å². The summed E-state index contributed by atoms with van der Waals surface area (Å²) in [5.74, 6) is 1.50. The van der Waals surface area contributed by atoms with Gasteiger partial charge in [-0.25, -0.2) is 0 Å². The molecule has 0 aromatic heterocycles. The van der Waals surface area contributed by atoms with Crippen LogP contribution in [0.15, 0.2) is 18.2 Å². The van der Waals surface area contributed by atoms with Crippen molar-refractivity contribution in [2.24, 2.45) is 0 Å². The molecular weight excluding hydrogens is 226 g/mol. The number of aliphatic hydroxyl groups is 1. The van der Waals surface area contributed by atoms with Crippen LogP contribution in [-0.2, 0) is 0 Å². The van der Waals surface area contributed by atoms with E-state index >= 15 is 0 Å². The van der Waals surface area contributed by atoms with E-state index in [2.05, 4.69) is 38.2 Å². The Balaban J connectivity index is 2.33. The van der Waals surface area contributed by atoms with Crippen LogP contribution in [0.25, 0.3) is 0 Å². The zero-order valence-corrected chi connectivity index (χ0v) is 11.7. The molecule has 0 aliphatic heterocycles. The van der Waals surface area contributed by atoms with Crippen LogP contribution in [0.3, 0.4) is 0 Å². The van der Waals surface area contributed by atoms with E-state index in [9.17, 15) is 0 Å². The van der Waals surface area contributed by atoms with Crippen molar-refractivity contribution in [2.45, 2.75) is 33.1 Å². The van der Waals surface area contributed by atoms with E-state index in [1.807, 2.05) is 6.07 Å². The number of ether oxygens (including phenoxy) is 1. The van der Waals surface area contributed by atoms with E-state index in [4.69, 9.17) is 9.84 Å². The van der Waals surface area contributed by atoms with Crippen LogP contribution in [0, 0.1) is 6.92 Å². The minimum atomic E-state index is 0.191. The predicted molar refractivity (Wildman–Crippen MR) is 75.3 cm³/mol. The van der Waals surface area contributed by atoms with Gasteiger partial charge in [0.15, 0.2) is 0 Å².